The number of benzene rings is 3. The molecular weight excluding hydrogens is 740 g/mol. The van der Waals surface area contributed by atoms with Crippen molar-refractivity contribution >= 4 is 61.4 Å². The van der Waals surface area contributed by atoms with Gasteiger partial charge in [0.05, 0.1) is 5.41 Å². The zero-order chi connectivity index (χ0) is 34.3. The second-order valence-corrected chi connectivity index (χ2v) is 13.0. The summed E-state index contributed by atoms with van der Waals surface area (Å²) in [5.41, 5.74) is 5.15. The van der Waals surface area contributed by atoms with Crippen LogP contribution in [0.15, 0.2) is 87.8 Å². The maximum Gasteiger partial charge on any atom is 0.417 e. The second-order valence-electron chi connectivity index (χ2n) is 11.1. The van der Waals surface area contributed by atoms with Crippen LogP contribution in [0, 0.1) is 5.41 Å². The maximum absolute atomic E-state index is 12.2. The fraction of sp³-hybridized carbons (Fsp3) is 0.353. The summed E-state index contributed by atoms with van der Waals surface area (Å²) >= 11 is 6.66. The number of halogens is 2. The topological polar surface area (TPSA) is 174 Å². The number of rotatable bonds is 8. The zero-order valence-electron chi connectivity index (χ0n) is 25.7. The molecule has 1 amide bonds. The number of ketones is 1. The zero-order valence-corrected chi connectivity index (χ0v) is 28.8. The third-order valence-corrected chi connectivity index (χ3v) is 8.67. The van der Waals surface area contributed by atoms with Gasteiger partial charge in [0.1, 0.15) is 17.1 Å². The van der Waals surface area contributed by atoms with Crippen LogP contribution in [0.3, 0.4) is 0 Å². The predicted molar refractivity (Wildman–Crippen MR) is 182 cm³/mol. The number of amides is 1. The first kappa shape index (κ1) is 37.8. The summed E-state index contributed by atoms with van der Waals surface area (Å²) in [6.45, 7) is 1.75. The summed E-state index contributed by atoms with van der Waals surface area (Å²) in [7, 11) is 0. The molecule has 2 fully saturated rings. The molecule has 2 aliphatic rings. The summed E-state index contributed by atoms with van der Waals surface area (Å²) in [6, 6.07) is 23.7. The number of hydrogen-bond acceptors (Lipinski definition) is 8. The van der Waals surface area contributed by atoms with E-state index >= 15 is 0 Å². The smallest absolute Gasteiger partial charge is 0.417 e. The van der Waals surface area contributed by atoms with Crippen LogP contribution in [-0.2, 0) is 30.3 Å². The van der Waals surface area contributed by atoms with E-state index in [2.05, 4.69) is 37.2 Å². The third-order valence-electron chi connectivity index (χ3n) is 7.61. The predicted octanol–water partition coefficient (Wildman–Crippen LogP) is 6.47. The van der Waals surface area contributed by atoms with Crippen molar-refractivity contribution in [1.82, 2.24) is 0 Å². The second kappa shape index (κ2) is 18.6. The first-order chi connectivity index (χ1) is 22.4. The van der Waals surface area contributed by atoms with Crippen LogP contribution in [0.2, 0.25) is 0 Å². The Hall–Kier alpha value is -3.62. The highest BCUT2D eigenvalue weighted by Gasteiger charge is 2.41. The largest absolute Gasteiger partial charge is 0.481 e. The monoisotopic (exact) mass is 776 g/mol. The van der Waals surface area contributed by atoms with Gasteiger partial charge >= 0.3 is 18.0 Å². The lowest BCUT2D eigenvalue weighted by Crippen LogP contribution is -2.51. The number of nitrogens with one attached hydrogen (secondary N) is 1. The van der Waals surface area contributed by atoms with E-state index in [9.17, 15) is 24.3 Å². The van der Waals surface area contributed by atoms with Crippen molar-refractivity contribution in [2.24, 2.45) is 11.1 Å². The number of ether oxygens (including phenoxy) is 3. The van der Waals surface area contributed by atoms with Crippen molar-refractivity contribution in [3.8, 4) is 5.75 Å². The van der Waals surface area contributed by atoms with Crippen LogP contribution >= 0.6 is 31.9 Å². The Labute approximate surface area is 290 Å². The van der Waals surface area contributed by atoms with Crippen LogP contribution in [0.5, 0.6) is 5.75 Å². The Morgan fingerprint density at radius 3 is 1.74 bits per heavy atom. The highest BCUT2D eigenvalue weighted by Crippen LogP contribution is 2.35. The average Bonchev–Trinajstić information content (AvgIpc) is 3.05. The van der Waals surface area contributed by atoms with Gasteiger partial charge in [0, 0.05) is 53.9 Å². The van der Waals surface area contributed by atoms with E-state index in [-0.39, 0.29) is 18.6 Å². The van der Waals surface area contributed by atoms with Crippen LogP contribution in [0.4, 0.5) is 10.5 Å². The fourth-order valence-electron chi connectivity index (χ4n) is 4.72. The normalized spacial score (nSPS) is 16.1. The number of carboxylic acids is 2. The maximum atomic E-state index is 12.2. The van der Waals surface area contributed by atoms with Gasteiger partial charge in [0.2, 0.25) is 0 Å². The number of carboxylic acid groups (broad SMARTS) is 2. The molecule has 2 heterocycles. The van der Waals surface area contributed by atoms with Gasteiger partial charge in [-0.2, -0.15) is 0 Å². The van der Waals surface area contributed by atoms with E-state index in [0.29, 0.717) is 63.5 Å². The molecule has 47 heavy (non-hydrogen) atoms. The van der Waals surface area contributed by atoms with Gasteiger partial charge in [0.15, 0.2) is 0 Å². The first-order valence-electron chi connectivity index (χ1n) is 14.9. The minimum atomic E-state index is -1.03. The van der Waals surface area contributed by atoms with Gasteiger partial charge in [-0.25, -0.2) is 4.79 Å². The molecule has 0 saturated carbocycles. The van der Waals surface area contributed by atoms with Gasteiger partial charge in [-0.3, -0.25) is 19.7 Å². The number of aliphatic carboxylic acids is 2. The van der Waals surface area contributed by atoms with Crippen LogP contribution in [0.1, 0.15) is 37.7 Å². The summed E-state index contributed by atoms with van der Waals surface area (Å²) in [5.74, 6) is -1.32. The van der Waals surface area contributed by atoms with Crippen LogP contribution < -0.4 is 15.8 Å². The fourth-order valence-corrected chi connectivity index (χ4v) is 5.25. The Morgan fingerprint density at radius 2 is 1.26 bits per heavy atom. The van der Waals surface area contributed by atoms with E-state index in [1.54, 1.807) is 24.3 Å². The van der Waals surface area contributed by atoms with E-state index in [1.165, 1.54) is 0 Å². The van der Waals surface area contributed by atoms with Crippen molar-refractivity contribution in [1.29, 1.82) is 0 Å². The number of anilines is 1. The molecule has 0 aromatic heterocycles. The first-order valence-corrected chi connectivity index (χ1v) is 16.5. The SMILES string of the molecule is NC1(C(=O)O)CCOCC1.O=C(Cc1ccc(Br)cc1)CC1(C(=O)O)CCOCC1.O=C(Nc1ccc(Br)cc1)Oc1ccccc1. The number of nitrogens with two attached hydrogens (primary N) is 1. The minimum Gasteiger partial charge on any atom is -0.481 e. The van der Waals surface area contributed by atoms with Gasteiger partial charge < -0.3 is 30.2 Å². The van der Waals surface area contributed by atoms with Gasteiger partial charge in [-0.05, 0) is 79.8 Å². The lowest BCUT2D eigenvalue weighted by molar-refractivity contribution is -0.157. The number of hydrogen-bond donors (Lipinski definition) is 4. The van der Waals surface area contributed by atoms with Gasteiger partial charge in [-0.1, -0.05) is 62.2 Å². The summed E-state index contributed by atoms with van der Waals surface area (Å²) < 4.78 is 17.2. The molecule has 0 bridgehead atoms. The lowest BCUT2D eigenvalue weighted by Gasteiger charge is -2.32. The summed E-state index contributed by atoms with van der Waals surface area (Å²) in [6.07, 6.45) is 1.52. The number of para-hydroxylation sites is 1. The van der Waals surface area contributed by atoms with Gasteiger partial charge in [-0.15, -0.1) is 0 Å². The van der Waals surface area contributed by atoms with E-state index in [0.717, 1.165) is 14.5 Å². The molecule has 252 valence electrons. The lowest BCUT2D eigenvalue weighted by atomic mass is 9.75. The molecule has 0 aliphatic carbocycles. The molecule has 5 N–H and O–H groups in total. The molecule has 0 unspecified atom stereocenters. The van der Waals surface area contributed by atoms with E-state index in [4.69, 9.17) is 25.1 Å². The molecule has 0 radical (unpaired) electrons. The molecule has 3 aromatic rings. The van der Waals surface area contributed by atoms with Crippen LogP contribution in [-0.4, -0.2) is 66.0 Å². The Balaban J connectivity index is 0.000000202. The number of carbonyl (C=O) groups is 4. The number of carbonyl (C=O) groups excluding carboxylic acids is 2. The molecule has 2 saturated heterocycles. The molecule has 0 atom stereocenters. The van der Waals surface area contributed by atoms with Crippen molar-refractivity contribution in [3.63, 3.8) is 0 Å². The molecule has 11 nitrogen and oxygen atoms in total. The molecular formula is C34H38Br2N2O9. The Morgan fingerprint density at radius 1 is 0.745 bits per heavy atom. The van der Waals surface area contributed by atoms with Gasteiger partial charge in [0.25, 0.3) is 0 Å². The minimum absolute atomic E-state index is 0.0309. The molecule has 5 rings (SSSR count). The quantitative estimate of drug-likeness (QED) is 0.199. The number of Topliss-reactive ketones (excluding diaryl/α,β-unsaturated/α-hetero) is 1. The molecule has 2 aliphatic heterocycles. The molecule has 0 spiro atoms. The summed E-state index contributed by atoms with van der Waals surface area (Å²) in [4.78, 5) is 45.7. The highest BCUT2D eigenvalue weighted by molar-refractivity contribution is 9.10. The third kappa shape index (κ3) is 12.8. The van der Waals surface area contributed by atoms with Crippen molar-refractivity contribution in [2.75, 3.05) is 31.7 Å². The van der Waals surface area contributed by atoms with Crippen molar-refractivity contribution in [3.05, 3.63) is 93.4 Å². The van der Waals surface area contributed by atoms with Crippen molar-refractivity contribution < 1.29 is 43.6 Å². The average molecular weight is 778 g/mol. The summed E-state index contributed by atoms with van der Waals surface area (Å²) in [5, 5.41) is 20.7. The molecule has 13 heteroatoms. The standard InChI is InChI=1S/C15H17BrO4.C13H10BrNO2.C6H11NO3/c16-12-3-1-11(2-4-12)9-13(17)10-15(14(18)19)5-7-20-8-6-15;14-10-6-8-11(9-7-10)15-13(16)17-12-4-2-1-3-5-12;7-6(5(8)9)1-3-10-4-2-6/h1-4H,5-10H2,(H,18,19);1-9H,(H,15,16);1-4,7H2,(H,8,9). The highest BCUT2D eigenvalue weighted by atomic mass is 79.9. The molecule has 3 aromatic carbocycles. The van der Waals surface area contributed by atoms with Crippen molar-refractivity contribution in [2.45, 2.75) is 44.1 Å². The van der Waals surface area contributed by atoms with E-state index < -0.39 is 29.0 Å². The van der Waals surface area contributed by atoms with Crippen LogP contribution in [0.25, 0.3) is 0 Å². The Kier molecular flexibility index (Phi) is 15.0. The van der Waals surface area contributed by atoms with E-state index in [1.807, 2.05) is 54.6 Å². The Bertz CT molecular complexity index is 1460.